The van der Waals surface area contributed by atoms with Crippen LogP contribution in [0.15, 0.2) is 0 Å². The molecule has 16 nitrogen and oxygen atoms in total. The summed E-state index contributed by atoms with van der Waals surface area (Å²) in [5, 5.41) is 0. The summed E-state index contributed by atoms with van der Waals surface area (Å²) in [6, 6.07) is 0. The molecule has 0 atom stereocenters. The molecule has 6 radical (unpaired) electrons. The summed E-state index contributed by atoms with van der Waals surface area (Å²) in [5.74, 6) is 0. The minimum absolute atomic E-state index is 0. The second-order valence-electron chi connectivity index (χ2n) is 1.79. The van der Waals surface area contributed by atoms with Gasteiger partial charge in [-0.1, -0.05) is 0 Å². The fourth-order valence-corrected chi connectivity index (χ4v) is 0. The van der Waals surface area contributed by atoms with Gasteiger partial charge >= 0.3 is 41.6 Å². The Balaban J connectivity index is -0.0000000284. The maximum Gasteiger partial charge on any atom is 0.394 e. The van der Waals surface area contributed by atoms with E-state index in [4.69, 9.17) is 70.1 Å². The van der Waals surface area contributed by atoms with Crippen molar-refractivity contribution in [1.29, 1.82) is 0 Å². The van der Waals surface area contributed by atoms with Crippen LogP contribution < -0.4 is 0 Å². The zero-order valence-electron chi connectivity index (χ0n) is 10.3. The predicted molar refractivity (Wildman–Crippen MR) is 68.2 cm³/mol. The van der Waals surface area contributed by atoms with Crippen molar-refractivity contribution in [1.82, 2.24) is 0 Å². The first-order valence-corrected chi connectivity index (χ1v) is 8.38. The van der Waals surface area contributed by atoms with Crippen LogP contribution in [0.5, 0.6) is 0 Å². The molecule has 8 N–H and O–H groups in total. The van der Waals surface area contributed by atoms with Crippen molar-refractivity contribution in [3.8, 4) is 0 Å². The third-order valence-corrected chi connectivity index (χ3v) is 0. The normalized spacial score (nSPS) is 10.1. The summed E-state index contributed by atoms with van der Waals surface area (Å²) in [5.41, 5.74) is 0. The van der Waals surface area contributed by atoms with Crippen molar-refractivity contribution < 1.29 is 89.6 Å². The standard InChI is InChI=1S/2Al.4H2O4S.Zn/c;;4*1-5(2,3)4;/h;;4*(H2,1,2,3,4);. The summed E-state index contributed by atoms with van der Waals surface area (Å²) in [4.78, 5) is 0. The monoisotopic (exact) mass is 510 g/mol. The summed E-state index contributed by atoms with van der Waals surface area (Å²) in [7, 11) is -18.7. The van der Waals surface area contributed by atoms with E-state index in [9.17, 15) is 0 Å². The van der Waals surface area contributed by atoms with Crippen LogP contribution in [-0.4, -0.2) is 105 Å². The van der Waals surface area contributed by atoms with E-state index < -0.39 is 41.6 Å². The van der Waals surface area contributed by atoms with Crippen molar-refractivity contribution in [3.63, 3.8) is 0 Å². The van der Waals surface area contributed by atoms with Gasteiger partial charge in [-0.15, -0.1) is 0 Å². The van der Waals surface area contributed by atoms with E-state index in [0.29, 0.717) is 0 Å². The Kier molecular flexibility index (Phi) is 34.4. The zero-order chi connectivity index (χ0) is 18.0. The Morgan fingerprint density at radius 3 is 0.348 bits per heavy atom. The largest absolute Gasteiger partial charge is 0.394 e. The molecule has 0 rings (SSSR count). The van der Waals surface area contributed by atoms with Crippen molar-refractivity contribution in [2.45, 2.75) is 0 Å². The molecule has 0 saturated heterocycles. The minimum atomic E-state index is -4.67. The predicted octanol–water partition coefficient (Wildman–Crippen LogP) is -3.38. The van der Waals surface area contributed by atoms with Gasteiger partial charge in [0.2, 0.25) is 0 Å². The maximum atomic E-state index is 8.74. The Hall–Kier alpha value is 1.17. The molecule has 0 saturated carbocycles. The van der Waals surface area contributed by atoms with E-state index in [0.717, 1.165) is 0 Å². The molecule has 0 aliphatic heterocycles. The molecule has 0 amide bonds. The van der Waals surface area contributed by atoms with Gasteiger partial charge in [0.25, 0.3) is 0 Å². The molecule has 0 fully saturated rings. The molecule has 0 aromatic heterocycles. The minimum Gasteiger partial charge on any atom is -0.264 e. The van der Waals surface area contributed by atoms with Gasteiger partial charge in [-0.2, -0.15) is 33.7 Å². The second-order valence-corrected chi connectivity index (χ2v) is 5.37. The van der Waals surface area contributed by atoms with Crippen LogP contribution in [0.2, 0.25) is 0 Å². The van der Waals surface area contributed by atoms with Crippen molar-refractivity contribution in [3.05, 3.63) is 0 Å². The molecule has 0 bridgehead atoms. The molecule has 0 spiro atoms. The molecule has 0 aliphatic rings. The third kappa shape index (κ3) is 7610. The van der Waals surface area contributed by atoms with Gasteiger partial charge in [0, 0.05) is 54.2 Å². The quantitative estimate of drug-likeness (QED) is 0.116. The molecular formula is H8Al2O16S4Zn. The van der Waals surface area contributed by atoms with E-state index >= 15 is 0 Å². The molecule has 136 valence electrons. The van der Waals surface area contributed by atoms with Crippen LogP contribution in [0.25, 0.3) is 0 Å². The second kappa shape index (κ2) is 18.0. The van der Waals surface area contributed by atoms with Crippen molar-refractivity contribution >= 4 is 76.3 Å². The number of hydrogen-bond acceptors (Lipinski definition) is 8. The van der Waals surface area contributed by atoms with Crippen LogP contribution in [-0.2, 0) is 61.1 Å². The molecule has 0 unspecified atom stereocenters. The smallest absolute Gasteiger partial charge is 0.264 e. The molecule has 0 aromatic rings. The molecule has 0 aliphatic carbocycles. The molecule has 23 heteroatoms. The van der Waals surface area contributed by atoms with Crippen molar-refractivity contribution in [2.75, 3.05) is 0 Å². The van der Waals surface area contributed by atoms with Gasteiger partial charge < -0.3 is 0 Å². The first-order valence-electron chi connectivity index (χ1n) is 2.79. The molecular weight excluding hydrogens is 504 g/mol. The van der Waals surface area contributed by atoms with E-state index in [1.54, 1.807) is 0 Å². The topological polar surface area (TPSA) is 298 Å². The Labute approximate surface area is 165 Å². The number of hydrogen-bond donors (Lipinski definition) is 8. The summed E-state index contributed by atoms with van der Waals surface area (Å²) in [6.07, 6.45) is 0. The average molecular weight is 512 g/mol. The van der Waals surface area contributed by atoms with Crippen LogP contribution in [0.3, 0.4) is 0 Å². The van der Waals surface area contributed by atoms with E-state index in [1.807, 2.05) is 0 Å². The Bertz CT molecular complexity index is 483. The SMILES string of the molecule is O=S(=O)(O)O.O=S(=O)(O)O.O=S(=O)(O)O.O=S(=O)(O)O.[Al].[Al].[Zn]. The summed E-state index contributed by atoms with van der Waals surface area (Å²) in [6.45, 7) is 0. The van der Waals surface area contributed by atoms with E-state index in [-0.39, 0.29) is 54.2 Å². The molecule has 23 heavy (non-hydrogen) atoms. The molecule has 0 heterocycles. The number of rotatable bonds is 0. The first-order chi connectivity index (χ1) is 8.00. The Morgan fingerprint density at radius 2 is 0.348 bits per heavy atom. The van der Waals surface area contributed by atoms with E-state index in [1.165, 1.54) is 0 Å². The summed E-state index contributed by atoms with van der Waals surface area (Å²) < 4.78 is 126. The molecule has 0 aromatic carbocycles. The van der Waals surface area contributed by atoms with Crippen LogP contribution in [0.1, 0.15) is 0 Å². The average Bonchev–Trinajstić information content (AvgIpc) is 1.62. The van der Waals surface area contributed by atoms with Crippen LogP contribution in [0.4, 0.5) is 0 Å². The van der Waals surface area contributed by atoms with Gasteiger partial charge in [-0.3, -0.25) is 36.4 Å². The fraction of sp³-hybridized carbons (Fsp3) is 0. The fourth-order valence-electron chi connectivity index (χ4n) is 0. The van der Waals surface area contributed by atoms with Crippen molar-refractivity contribution in [2.24, 2.45) is 0 Å². The van der Waals surface area contributed by atoms with Crippen LogP contribution >= 0.6 is 0 Å². The maximum absolute atomic E-state index is 8.74. The zero-order valence-corrected chi connectivity index (χ0v) is 18.9. The van der Waals surface area contributed by atoms with Crippen LogP contribution in [0, 0.1) is 0 Å². The summed E-state index contributed by atoms with van der Waals surface area (Å²) >= 11 is 0. The van der Waals surface area contributed by atoms with Gasteiger partial charge in [0.15, 0.2) is 0 Å². The van der Waals surface area contributed by atoms with E-state index in [2.05, 4.69) is 0 Å². The van der Waals surface area contributed by atoms with Gasteiger partial charge in [0.05, 0.1) is 0 Å². The first kappa shape index (κ1) is 44.0. The third-order valence-electron chi connectivity index (χ3n) is 0. The van der Waals surface area contributed by atoms with Gasteiger partial charge in [-0.05, 0) is 0 Å². The van der Waals surface area contributed by atoms with Gasteiger partial charge in [-0.25, -0.2) is 0 Å². The Morgan fingerprint density at radius 1 is 0.348 bits per heavy atom. The van der Waals surface area contributed by atoms with Gasteiger partial charge in [0.1, 0.15) is 0 Å².